The van der Waals surface area contributed by atoms with Crippen LogP contribution >= 0.6 is 0 Å². The standard InChI is InChI=1S/C13H26N2O2/c1-4-5-9-17-10-8-14-11-13(16)15-7-6-12(2)3/h4,12,14H,1,5-11H2,2-3H3,(H,15,16). The third kappa shape index (κ3) is 13.1. The molecule has 0 aromatic rings. The minimum absolute atomic E-state index is 0.0525. The number of hydrogen-bond donors (Lipinski definition) is 2. The molecule has 2 N–H and O–H groups in total. The quantitative estimate of drug-likeness (QED) is 0.424. The molecule has 0 bridgehead atoms. The van der Waals surface area contributed by atoms with Crippen molar-refractivity contribution in [3.63, 3.8) is 0 Å². The molecule has 0 saturated carbocycles. The van der Waals surface area contributed by atoms with Gasteiger partial charge in [0.1, 0.15) is 0 Å². The van der Waals surface area contributed by atoms with Crippen LogP contribution in [0.2, 0.25) is 0 Å². The Morgan fingerprint density at radius 1 is 1.35 bits per heavy atom. The van der Waals surface area contributed by atoms with E-state index in [9.17, 15) is 4.79 Å². The van der Waals surface area contributed by atoms with Crippen LogP contribution in [0.15, 0.2) is 12.7 Å². The Hall–Kier alpha value is -0.870. The zero-order chi connectivity index (χ0) is 12.9. The van der Waals surface area contributed by atoms with Gasteiger partial charge in [-0.25, -0.2) is 0 Å². The second kappa shape index (κ2) is 11.6. The highest BCUT2D eigenvalue weighted by molar-refractivity contribution is 5.77. The minimum atomic E-state index is 0.0525. The highest BCUT2D eigenvalue weighted by Gasteiger charge is 2.00. The van der Waals surface area contributed by atoms with E-state index in [-0.39, 0.29) is 5.91 Å². The average molecular weight is 242 g/mol. The van der Waals surface area contributed by atoms with E-state index in [2.05, 4.69) is 31.1 Å². The molecule has 0 saturated heterocycles. The fraction of sp³-hybridized carbons (Fsp3) is 0.769. The molecular weight excluding hydrogens is 216 g/mol. The van der Waals surface area contributed by atoms with E-state index in [1.807, 2.05) is 6.08 Å². The molecule has 0 aliphatic carbocycles. The Morgan fingerprint density at radius 2 is 2.12 bits per heavy atom. The smallest absolute Gasteiger partial charge is 0.233 e. The van der Waals surface area contributed by atoms with E-state index < -0.39 is 0 Å². The molecule has 0 rings (SSSR count). The van der Waals surface area contributed by atoms with Crippen LogP contribution in [-0.4, -0.2) is 38.8 Å². The summed E-state index contributed by atoms with van der Waals surface area (Å²) in [5, 5.41) is 5.91. The number of amides is 1. The summed E-state index contributed by atoms with van der Waals surface area (Å²) in [7, 11) is 0. The molecule has 0 aromatic heterocycles. The first-order chi connectivity index (χ1) is 8.16. The van der Waals surface area contributed by atoms with E-state index in [0.717, 1.165) is 19.4 Å². The van der Waals surface area contributed by atoms with Gasteiger partial charge < -0.3 is 15.4 Å². The lowest BCUT2D eigenvalue weighted by Gasteiger charge is -2.08. The van der Waals surface area contributed by atoms with Crippen LogP contribution in [0.3, 0.4) is 0 Å². The van der Waals surface area contributed by atoms with Crippen LogP contribution in [0.4, 0.5) is 0 Å². The summed E-state index contributed by atoms with van der Waals surface area (Å²) in [5.74, 6) is 0.679. The predicted molar refractivity (Wildman–Crippen MR) is 71.0 cm³/mol. The summed E-state index contributed by atoms with van der Waals surface area (Å²) in [5.41, 5.74) is 0. The molecule has 1 amide bonds. The van der Waals surface area contributed by atoms with Crippen molar-refractivity contribution in [3.05, 3.63) is 12.7 Å². The summed E-state index contributed by atoms with van der Waals surface area (Å²) >= 11 is 0. The molecule has 4 nitrogen and oxygen atoms in total. The normalized spacial score (nSPS) is 10.5. The van der Waals surface area contributed by atoms with E-state index >= 15 is 0 Å². The Kier molecular flexibility index (Phi) is 11.0. The molecule has 0 aliphatic heterocycles. The lowest BCUT2D eigenvalue weighted by molar-refractivity contribution is -0.120. The molecule has 0 unspecified atom stereocenters. The first-order valence-electron chi connectivity index (χ1n) is 6.33. The number of carbonyl (C=O) groups is 1. The summed E-state index contributed by atoms with van der Waals surface area (Å²) in [4.78, 5) is 11.3. The van der Waals surface area contributed by atoms with Gasteiger partial charge in [0, 0.05) is 13.1 Å². The monoisotopic (exact) mass is 242 g/mol. The van der Waals surface area contributed by atoms with Crippen LogP contribution in [0, 0.1) is 5.92 Å². The molecule has 0 radical (unpaired) electrons. The molecule has 0 atom stereocenters. The number of carbonyl (C=O) groups excluding carboxylic acids is 1. The lowest BCUT2D eigenvalue weighted by Crippen LogP contribution is -2.36. The Morgan fingerprint density at radius 3 is 2.76 bits per heavy atom. The van der Waals surface area contributed by atoms with Gasteiger partial charge in [-0.05, 0) is 18.8 Å². The van der Waals surface area contributed by atoms with Gasteiger partial charge in [-0.1, -0.05) is 19.9 Å². The molecule has 0 heterocycles. The Bertz CT molecular complexity index is 206. The minimum Gasteiger partial charge on any atom is -0.380 e. The molecule has 17 heavy (non-hydrogen) atoms. The van der Waals surface area contributed by atoms with Crippen LogP contribution in [0.25, 0.3) is 0 Å². The van der Waals surface area contributed by atoms with Gasteiger partial charge in [0.25, 0.3) is 0 Å². The first-order valence-corrected chi connectivity index (χ1v) is 6.33. The summed E-state index contributed by atoms with van der Waals surface area (Å²) in [6, 6.07) is 0. The molecule has 0 spiro atoms. The highest BCUT2D eigenvalue weighted by atomic mass is 16.5. The number of hydrogen-bond acceptors (Lipinski definition) is 3. The van der Waals surface area contributed by atoms with Gasteiger partial charge in [0.2, 0.25) is 5.91 Å². The van der Waals surface area contributed by atoms with Crippen LogP contribution in [0.5, 0.6) is 0 Å². The fourth-order valence-corrected chi connectivity index (χ4v) is 1.18. The second-order valence-electron chi connectivity index (χ2n) is 4.40. The molecule has 100 valence electrons. The van der Waals surface area contributed by atoms with Gasteiger partial charge in [0.05, 0.1) is 19.8 Å². The van der Waals surface area contributed by atoms with Crippen molar-refractivity contribution in [1.29, 1.82) is 0 Å². The first kappa shape index (κ1) is 16.1. The third-order valence-corrected chi connectivity index (χ3v) is 2.22. The molecule has 0 aromatic carbocycles. The number of ether oxygens (including phenoxy) is 1. The van der Waals surface area contributed by atoms with E-state index in [1.54, 1.807) is 0 Å². The van der Waals surface area contributed by atoms with Crippen molar-refractivity contribution in [2.45, 2.75) is 26.7 Å². The maximum Gasteiger partial charge on any atom is 0.233 e. The van der Waals surface area contributed by atoms with Gasteiger partial charge in [-0.2, -0.15) is 0 Å². The third-order valence-electron chi connectivity index (χ3n) is 2.22. The van der Waals surface area contributed by atoms with Crippen LogP contribution in [0.1, 0.15) is 26.7 Å². The molecule has 0 aliphatic rings. The SMILES string of the molecule is C=CCCOCCNCC(=O)NCCC(C)C. The maximum absolute atomic E-state index is 11.3. The van der Waals surface area contributed by atoms with Gasteiger partial charge in [0.15, 0.2) is 0 Å². The van der Waals surface area contributed by atoms with Crippen molar-refractivity contribution >= 4 is 5.91 Å². The van der Waals surface area contributed by atoms with Gasteiger partial charge in [-0.3, -0.25) is 4.79 Å². The van der Waals surface area contributed by atoms with Crippen molar-refractivity contribution in [2.24, 2.45) is 5.92 Å². The predicted octanol–water partition coefficient (Wildman–Crippen LogP) is 1.33. The van der Waals surface area contributed by atoms with Crippen molar-refractivity contribution in [2.75, 3.05) is 32.8 Å². The highest BCUT2D eigenvalue weighted by Crippen LogP contribution is 1.95. The molecular formula is C13H26N2O2. The maximum atomic E-state index is 11.3. The number of nitrogens with one attached hydrogen (secondary N) is 2. The lowest BCUT2D eigenvalue weighted by atomic mass is 10.1. The largest absolute Gasteiger partial charge is 0.380 e. The summed E-state index contributed by atoms with van der Waals surface area (Å²) < 4.78 is 5.30. The topological polar surface area (TPSA) is 50.4 Å². The fourth-order valence-electron chi connectivity index (χ4n) is 1.18. The summed E-state index contributed by atoms with van der Waals surface area (Å²) in [6.45, 7) is 11.1. The number of rotatable bonds is 11. The molecule has 0 fully saturated rings. The Labute approximate surface area is 105 Å². The molecule has 4 heteroatoms. The van der Waals surface area contributed by atoms with Crippen molar-refractivity contribution < 1.29 is 9.53 Å². The average Bonchev–Trinajstić information content (AvgIpc) is 2.27. The van der Waals surface area contributed by atoms with E-state index in [0.29, 0.717) is 32.2 Å². The van der Waals surface area contributed by atoms with Crippen LogP contribution < -0.4 is 10.6 Å². The van der Waals surface area contributed by atoms with Crippen molar-refractivity contribution in [1.82, 2.24) is 10.6 Å². The summed E-state index contributed by atoms with van der Waals surface area (Å²) in [6.07, 6.45) is 3.72. The van der Waals surface area contributed by atoms with Crippen LogP contribution in [-0.2, 0) is 9.53 Å². The second-order valence-corrected chi connectivity index (χ2v) is 4.40. The van der Waals surface area contributed by atoms with E-state index in [4.69, 9.17) is 4.74 Å². The zero-order valence-electron chi connectivity index (χ0n) is 11.1. The zero-order valence-corrected chi connectivity index (χ0v) is 11.1. The van der Waals surface area contributed by atoms with E-state index in [1.165, 1.54) is 0 Å². The van der Waals surface area contributed by atoms with Crippen molar-refractivity contribution in [3.8, 4) is 0 Å². The Balaban J connectivity index is 3.19. The van der Waals surface area contributed by atoms with Gasteiger partial charge in [-0.15, -0.1) is 6.58 Å². The van der Waals surface area contributed by atoms with Gasteiger partial charge >= 0.3 is 0 Å².